The van der Waals surface area contributed by atoms with Gasteiger partial charge in [0.25, 0.3) is 11.9 Å². The Morgan fingerprint density at radius 3 is 2.87 bits per heavy atom. The van der Waals surface area contributed by atoms with Gasteiger partial charge in [-0.15, -0.1) is 0 Å². The molecule has 0 amide bonds. The second-order valence-electron chi connectivity index (χ2n) is 2.87. The second-order valence-corrected chi connectivity index (χ2v) is 3.82. The van der Waals surface area contributed by atoms with Gasteiger partial charge in [-0.1, -0.05) is 0 Å². The molecule has 0 unspecified atom stereocenters. The molecule has 1 heterocycles. The maximum atomic E-state index is 11.3. The molecule has 0 atom stereocenters. The first-order chi connectivity index (χ1) is 7.16. The van der Waals surface area contributed by atoms with E-state index < -0.39 is 4.33 Å². The maximum absolute atomic E-state index is 11.3. The predicted molar refractivity (Wildman–Crippen MR) is 55.8 cm³/mol. The van der Waals surface area contributed by atoms with Gasteiger partial charge in [-0.3, -0.25) is 10.1 Å². The first-order valence-electron chi connectivity index (χ1n) is 4.11. The van der Waals surface area contributed by atoms with Crippen molar-refractivity contribution in [2.45, 2.75) is 4.90 Å². The van der Waals surface area contributed by atoms with Crippen molar-refractivity contribution in [3.63, 3.8) is 0 Å². The molecule has 2 rings (SSSR count). The van der Waals surface area contributed by atoms with Crippen LogP contribution in [0.3, 0.4) is 0 Å². The molecule has 0 bridgehead atoms. The van der Waals surface area contributed by atoms with Gasteiger partial charge in [0.1, 0.15) is 4.33 Å². The molecular weight excluding hydrogens is 216 g/mol. The van der Waals surface area contributed by atoms with Crippen molar-refractivity contribution in [2.75, 3.05) is 0 Å². The van der Waals surface area contributed by atoms with Crippen LogP contribution in [-0.4, -0.2) is 4.33 Å². The summed E-state index contributed by atoms with van der Waals surface area (Å²) in [6.07, 6.45) is 1.39. The largest absolute Gasteiger partial charge is 0.618 e. The van der Waals surface area contributed by atoms with Gasteiger partial charge in [0.2, 0.25) is 5.52 Å². The van der Waals surface area contributed by atoms with E-state index in [1.54, 1.807) is 30.3 Å². The highest BCUT2D eigenvalue weighted by molar-refractivity contribution is 7.93. The Kier molecular flexibility index (Phi) is 2.42. The number of hydrogen-bond acceptors (Lipinski definition) is 4. The summed E-state index contributed by atoms with van der Waals surface area (Å²) in [7, 11) is 0. The number of rotatable bonds is 2. The standard InChI is InChI=1S/C9H6N2O3S/c12-10-5-1-2-7-6-8(15-11(13)14)3-4-9(7)10/h1-6H. The van der Waals surface area contributed by atoms with Crippen LogP contribution in [0.4, 0.5) is 0 Å². The van der Waals surface area contributed by atoms with Crippen LogP contribution in [0.1, 0.15) is 0 Å². The van der Waals surface area contributed by atoms with E-state index in [-0.39, 0.29) is 0 Å². The lowest BCUT2D eigenvalue weighted by atomic mass is 10.2. The van der Waals surface area contributed by atoms with E-state index in [2.05, 4.69) is 0 Å². The summed E-state index contributed by atoms with van der Waals surface area (Å²) in [5.41, 5.74) is 0.505. The lowest BCUT2D eigenvalue weighted by molar-refractivity contribution is -0.577. The van der Waals surface area contributed by atoms with E-state index in [4.69, 9.17) is 0 Å². The molecule has 1 aromatic heterocycles. The average Bonchev–Trinajstić information content (AvgIpc) is 2.17. The molecule has 15 heavy (non-hydrogen) atoms. The van der Waals surface area contributed by atoms with E-state index in [9.17, 15) is 15.3 Å². The van der Waals surface area contributed by atoms with E-state index in [1.165, 1.54) is 6.20 Å². The number of benzene rings is 1. The second kappa shape index (κ2) is 3.74. The molecule has 6 heteroatoms. The van der Waals surface area contributed by atoms with Gasteiger partial charge in [0.15, 0.2) is 6.20 Å². The SMILES string of the molecule is O=[N+]([O-])Sc1ccc2c(ccc[n+]2[O-])c1. The molecule has 76 valence electrons. The van der Waals surface area contributed by atoms with Crippen LogP contribution in [0.15, 0.2) is 41.4 Å². The Bertz CT molecular complexity index is 530. The minimum absolute atomic E-state index is 0.477. The highest BCUT2D eigenvalue weighted by atomic mass is 32.2. The third-order valence-electron chi connectivity index (χ3n) is 1.91. The van der Waals surface area contributed by atoms with Crippen LogP contribution < -0.4 is 4.73 Å². The summed E-state index contributed by atoms with van der Waals surface area (Å²) in [5.74, 6) is 0. The molecule has 2 aromatic rings. The number of fused-ring (bicyclic) bond motifs is 1. The smallest absolute Gasteiger partial charge is 0.265 e. The Morgan fingerprint density at radius 1 is 1.33 bits per heavy atom. The Hall–Kier alpha value is -1.82. The first kappa shape index (κ1) is 9.72. The van der Waals surface area contributed by atoms with Crippen LogP contribution in [0.5, 0.6) is 0 Å². The molecule has 0 saturated carbocycles. The molecule has 0 aliphatic rings. The van der Waals surface area contributed by atoms with Gasteiger partial charge in [-0.25, -0.2) is 0 Å². The van der Waals surface area contributed by atoms with Crippen molar-refractivity contribution >= 4 is 22.9 Å². The van der Waals surface area contributed by atoms with Crippen molar-refractivity contribution < 1.29 is 9.06 Å². The van der Waals surface area contributed by atoms with Crippen molar-refractivity contribution in [1.29, 1.82) is 0 Å². The molecular formula is C9H6N2O3S. The zero-order chi connectivity index (χ0) is 10.8. The van der Waals surface area contributed by atoms with Crippen molar-refractivity contribution in [2.24, 2.45) is 0 Å². The topological polar surface area (TPSA) is 70.1 Å². The molecule has 5 nitrogen and oxygen atoms in total. The van der Waals surface area contributed by atoms with E-state index in [1.807, 2.05) is 0 Å². The fraction of sp³-hybridized carbons (Fsp3) is 0. The number of hydrogen-bond donors (Lipinski definition) is 0. The predicted octanol–water partition coefficient (Wildman–Crippen LogP) is 1.76. The molecule has 0 N–H and O–H groups in total. The van der Waals surface area contributed by atoms with Crippen LogP contribution in [-0.2, 0) is 0 Å². The van der Waals surface area contributed by atoms with Crippen molar-refractivity contribution in [1.82, 2.24) is 0 Å². The van der Waals surface area contributed by atoms with E-state index in [0.29, 0.717) is 27.7 Å². The summed E-state index contributed by atoms with van der Waals surface area (Å²) in [4.78, 5) is 10.8. The van der Waals surface area contributed by atoms with Gasteiger partial charge in [-0.05, 0) is 18.2 Å². The average molecular weight is 222 g/mol. The zero-order valence-corrected chi connectivity index (χ0v) is 8.31. The van der Waals surface area contributed by atoms with Gasteiger partial charge in [0, 0.05) is 17.5 Å². The lowest BCUT2D eigenvalue weighted by Crippen LogP contribution is -2.25. The third-order valence-corrected chi connectivity index (χ3v) is 2.53. The fourth-order valence-corrected chi connectivity index (χ4v) is 1.80. The van der Waals surface area contributed by atoms with Crippen molar-refractivity contribution in [3.8, 4) is 0 Å². The molecule has 1 aromatic carbocycles. The minimum Gasteiger partial charge on any atom is -0.618 e. The molecule has 0 aliphatic heterocycles. The van der Waals surface area contributed by atoms with E-state index in [0.717, 1.165) is 4.73 Å². The molecule has 0 radical (unpaired) electrons. The Labute approximate surface area is 89.2 Å². The Morgan fingerprint density at radius 2 is 2.13 bits per heavy atom. The zero-order valence-electron chi connectivity index (χ0n) is 7.49. The number of nitro groups is 1. The molecule has 0 aliphatic carbocycles. The minimum atomic E-state index is -0.477. The van der Waals surface area contributed by atoms with Gasteiger partial charge < -0.3 is 5.21 Å². The number of pyridine rings is 1. The monoisotopic (exact) mass is 222 g/mol. The number of aromatic nitrogens is 1. The number of nitrogens with zero attached hydrogens (tertiary/aromatic N) is 2. The van der Waals surface area contributed by atoms with Crippen LogP contribution in [0.25, 0.3) is 10.9 Å². The normalized spacial score (nSPS) is 10.4. The summed E-state index contributed by atoms with van der Waals surface area (Å²) >= 11 is 0.530. The maximum Gasteiger partial charge on any atom is 0.265 e. The summed E-state index contributed by atoms with van der Waals surface area (Å²) in [6, 6.07) is 8.11. The Balaban J connectivity index is 2.52. The van der Waals surface area contributed by atoms with Crippen LogP contribution >= 0.6 is 11.9 Å². The summed E-state index contributed by atoms with van der Waals surface area (Å²) in [5, 5.41) is 22.3. The van der Waals surface area contributed by atoms with Gasteiger partial charge >= 0.3 is 0 Å². The molecule has 0 spiro atoms. The van der Waals surface area contributed by atoms with Gasteiger partial charge in [0.05, 0.1) is 4.90 Å². The summed E-state index contributed by atoms with van der Waals surface area (Å²) < 4.78 is 0.255. The quantitative estimate of drug-likeness (QED) is 0.255. The van der Waals surface area contributed by atoms with Crippen molar-refractivity contribution in [3.05, 3.63) is 51.9 Å². The summed E-state index contributed by atoms with van der Waals surface area (Å²) in [6.45, 7) is 0. The van der Waals surface area contributed by atoms with E-state index >= 15 is 0 Å². The molecule has 0 fully saturated rings. The van der Waals surface area contributed by atoms with Gasteiger partial charge in [-0.2, -0.15) is 4.73 Å². The first-order valence-corrected chi connectivity index (χ1v) is 4.88. The fourth-order valence-electron chi connectivity index (χ4n) is 1.31. The van der Waals surface area contributed by atoms with Crippen LogP contribution in [0, 0.1) is 15.3 Å². The highest BCUT2D eigenvalue weighted by Gasteiger charge is 2.09. The highest BCUT2D eigenvalue weighted by Crippen LogP contribution is 2.21. The lowest BCUT2D eigenvalue weighted by Gasteiger charge is -2.00. The third kappa shape index (κ3) is 1.99. The molecule has 0 saturated heterocycles. The van der Waals surface area contributed by atoms with Crippen LogP contribution in [0.2, 0.25) is 0 Å².